The lowest BCUT2D eigenvalue weighted by atomic mass is 10.2. The first-order valence-corrected chi connectivity index (χ1v) is 11.2. The maximum absolute atomic E-state index is 13.5. The molecule has 0 radical (unpaired) electrons. The number of sulfonamides is 1. The van der Waals surface area contributed by atoms with Gasteiger partial charge in [-0.15, -0.1) is 0 Å². The topological polar surface area (TPSA) is 70.6 Å². The summed E-state index contributed by atoms with van der Waals surface area (Å²) in [5.74, 6) is -0.769. The standard InChI is InChI=1S/C22H22FN3O3S/c1-16-13-17-5-3-8-20(21(17)24-15-16)30(28,29)26-10-4-9-25(11-12-26)22(27)18-6-2-7-19(23)14-18/h2-3,5-8,13-15H,4,9-12H2,1H3. The molecule has 2 heterocycles. The van der Waals surface area contributed by atoms with E-state index in [9.17, 15) is 17.6 Å². The Bertz CT molecular complexity index is 1210. The third kappa shape index (κ3) is 3.93. The van der Waals surface area contributed by atoms with Crippen LogP contribution in [0.4, 0.5) is 4.39 Å². The number of rotatable bonds is 3. The molecule has 0 unspecified atom stereocenters. The van der Waals surface area contributed by atoms with Gasteiger partial charge in [-0.25, -0.2) is 12.8 Å². The smallest absolute Gasteiger partial charge is 0.254 e. The first-order chi connectivity index (χ1) is 14.4. The van der Waals surface area contributed by atoms with E-state index in [-0.39, 0.29) is 29.5 Å². The van der Waals surface area contributed by atoms with Gasteiger partial charge in [0.2, 0.25) is 10.0 Å². The Kier molecular flexibility index (Phi) is 5.53. The summed E-state index contributed by atoms with van der Waals surface area (Å²) in [6, 6.07) is 12.6. The largest absolute Gasteiger partial charge is 0.337 e. The van der Waals surface area contributed by atoms with E-state index < -0.39 is 15.8 Å². The Labute approximate surface area is 175 Å². The summed E-state index contributed by atoms with van der Waals surface area (Å²) in [4.78, 5) is 18.8. The molecule has 0 spiro atoms. The SMILES string of the molecule is Cc1cnc2c(S(=O)(=O)N3CCCN(C(=O)c4cccc(F)c4)CC3)cccc2c1. The number of hydrogen-bond donors (Lipinski definition) is 0. The number of para-hydroxylation sites is 1. The second kappa shape index (κ2) is 8.12. The zero-order valence-electron chi connectivity index (χ0n) is 16.6. The molecule has 0 aliphatic carbocycles. The van der Waals surface area contributed by atoms with E-state index in [0.29, 0.717) is 25.0 Å². The van der Waals surface area contributed by atoms with Crippen LogP contribution in [-0.4, -0.2) is 54.7 Å². The lowest BCUT2D eigenvalue weighted by molar-refractivity contribution is 0.0763. The molecule has 1 aliphatic rings. The Morgan fingerprint density at radius 1 is 1.03 bits per heavy atom. The number of hydrogen-bond acceptors (Lipinski definition) is 4. The quantitative estimate of drug-likeness (QED) is 0.644. The Morgan fingerprint density at radius 2 is 1.83 bits per heavy atom. The fourth-order valence-electron chi connectivity index (χ4n) is 3.73. The molecule has 3 aromatic rings. The molecule has 1 fully saturated rings. The van der Waals surface area contributed by atoms with Crippen LogP contribution < -0.4 is 0 Å². The van der Waals surface area contributed by atoms with Crippen LogP contribution in [0, 0.1) is 12.7 Å². The number of carbonyl (C=O) groups excluding carboxylic acids is 1. The molecule has 0 N–H and O–H groups in total. The highest BCUT2D eigenvalue weighted by Crippen LogP contribution is 2.25. The molecule has 1 amide bonds. The average molecular weight is 428 g/mol. The highest BCUT2D eigenvalue weighted by atomic mass is 32.2. The number of aryl methyl sites for hydroxylation is 1. The summed E-state index contributed by atoms with van der Waals surface area (Å²) < 4.78 is 41.6. The van der Waals surface area contributed by atoms with Gasteiger partial charge in [-0.05, 0) is 49.2 Å². The van der Waals surface area contributed by atoms with Crippen molar-refractivity contribution in [3.63, 3.8) is 0 Å². The number of benzene rings is 2. The van der Waals surface area contributed by atoms with Crippen LogP contribution in [0.1, 0.15) is 22.3 Å². The number of carbonyl (C=O) groups is 1. The van der Waals surface area contributed by atoms with Crippen molar-refractivity contribution in [2.24, 2.45) is 0 Å². The summed E-state index contributed by atoms with van der Waals surface area (Å²) in [7, 11) is -3.77. The number of nitrogens with zero attached hydrogens (tertiary/aromatic N) is 3. The summed E-state index contributed by atoms with van der Waals surface area (Å²) in [5.41, 5.74) is 1.67. The predicted molar refractivity (Wildman–Crippen MR) is 112 cm³/mol. The van der Waals surface area contributed by atoms with E-state index >= 15 is 0 Å². The maximum Gasteiger partial charge on any atom is 0.254 e. The molecule has 1 aliphatic heterocycles. The monoisotopic (exact) mass is 427 g/mol. The molecule has 8 heteroatoms. The Hall–Kier alpha value is -2.84. The minimum atomic E-state index is -3.77. The number of aromatic nitrogens is 1. The van der Waals surface area contributed by atoms with Crippen LogP contribution in [-0.2, 0) is 10.0 Å². The molecule has 156 valence electrons. The zero-order valence-corrected chi connectivity index (χ0v) is 17.4. The molecule has 6 nitrogen and oxygen atoms in total. The van der Waals surface area contributed by atoms with E-state index in [1.165, 1.54) is 22.5 Å². The number of pyridine rings is 1. The molecule has 30 heavy (non-hydrogen) atoms. The fraction of sp³-hybridized carbons (Fsp3) is 0.273. The van der Waals surface area contributed by atoms with Gasteiger partial charge in [0.25, 0.3) is 5.91 Å². The van der Waals surface area contributed by atoms with Gasteiger partial charge >= 0.3 is 0 Å². The molecule has 0 atom stereocenters. The number of halogens is 1. The minimum absolute atomic E-state index is 0.171. The van der Waals surface area contributed by atoms with Gasteiger partial charge in [-0.1, -0.05) is 18.2 Å². The van der Waals surface area contributed by atoms with E-state index in [4.69, 9.17) is 0 Å². The van der Waals surface area contributed by atoms with E-state index in [1.54, 1.807) is 29.3 Å². The Morgan fingerprint density at radius 3 is 2.63 bits per heavy atom. The first kappa shape index (κ1) is 20.4. The molecule has 2 aromatic carbocycles. The molecule has 0 saturated carbocycles. The highest BCUT2D eigenvalue weighted by Gasteiger charge is 2.30. The fourth-order valence-corrected chi connectivity index (χ4v) is 5.37. The zero-order chi connectivity index (χ0) is 21.3. The summed E-state index contributed by atoms with van der Waals surface area (Å²) in [5, 5.41) is 0.772. The average Bonchev–Trinajstić information content (AvgIpc) is 2.99. The van der Waals surface area contributed by atoms with Gasteiger partial charge in [-0.3, -0.25) is 9.78 Å². The van der Waals surface area contributed by atoms with Gasteiger partial charge in [0, 0.05) is 43.3 Å². The lowest BCUT2D eigenvalue weighted by Crippen LogP contribution is -2.37. The van der Waals surface area contributed by atoms with Crippen LogP contribution in [0.2, 0.25) is 0 Å². The van der Waals surface area contributed by atoms with Crippen LogP contribution in [0.25, 0.3) is 10.9 Å². The van der Waals surface area contributed by atoms with Crippen LogP contribution >= 0.6 is 0 Å². The minimum Gasteiger partial charge on any atom is -0.337 e. The van der Waals surface area contributed by atoms with E-state index in [1.807, 2.05) is 19.1 Å². The van der Waals surface area contributed by atoms with Gasteiger partial charge in [0.1, 0.15) is 10.7 Å². The van der Waals surface area contributed by atoms with Crippen molar-refractivity contribution >= 4 is 26.8 Å². The molecule has 4 rings (SSSR count). The van der Waals surface area contributed by atoms with Crippen molar-refractivity contribution in [3.8, 4) is 0 Å². The summed E-state index contributed by atoms with van der Waals surface area (Å²) in [6.07, 6.45) is 2.15. The normalized spacial score (nSPS) is 15.9. The molecular weight excluding hydrogens is 405 g/mol. The summed E-state index contributed by atoms with van der Waals surface area (Å²) in [6.45, 7) is 3.04. The van der Waals surface area contributed by atoms with Gasteiger partial charge in [0.15, 0.2) is 0 Å². The number of amides is 1. The third-order valence-corrected chi connectivity index (χ3v) is 7.17. The Balaban J connectivity index is 1.58. The van der Waals surface area contributed by atoms with Gasteiger partial charge in [-0.2, -0.15) is 4.31 Å². The number of fused-ring (bicyclic) bond motifs is 1. The van der Waals surface area contributed by atoms with Crippen LogP contribution in [0.15, 0.2) is 59.6 Å². The predicted octanol–water partition coefficient (Wildman–Crippen LogP) is 3.22. The third-order valence-electron chi connectivity index (χ3n) is 5.24. The molecule has 1 aromatic heterocycles. The van der Waals surface area contributed by atoms with E-state index in [2.05, 4.69) is 4.98 Å². The van der Waals surface area contributed by atoms with Crippen molar-refractivity contribution in [2.75, 3.05) is 26.2 Å². The maximum atomic E-state index is 13.5. The molecule has 0 bridgehead atoms. The first-order valence-electron chi connectivity index (χ1n) is 9.76. The van der Waals surface area contributed by atoms with E-state index in [0.717, 1.165) is 10.9 Å². The van der Waals surface area contributed by atoms with Crippen LogP contribution in [0.5, 0.6) is 0 Å². The second-order valence-corrected chi connectivity index (χ2v) is 9.31. The second-order valence-electron chi connectivity index (χ2n) is 7.40. The van der Waals surface area contributed by atoms with Crippen molar-refractivity contribution in [1.29, 1.82) is 0 Å². The summed E-state index contributed by atoms with van der Waals surface area (Å²) >= 11 is 0. The molecule has 1 saturated heterocycles. The van der Waals surface area contributed by atoms with Gasteiger partial charge < -0.3 is 4.90 Å². The molecular formula is C22H22FN3O3S. The van der Waals surface area contributed by atoms with Crippen molar-refractivity contribution in [3.05, 3.63) is 71.7 Å². The highest BCUT2D eigenvalue weighted by molar-refractivity contribution is 7.89. The lowest BCUT2D eigenvalue weighted by Gasteiger charge is -2.22. The van der Waals surface area contributed by atoms with Crippen molar-refractivity contribution in [1.82, 2.24) is 14.2 Å². The van der Waals surface area contributed by atoms with Crippen molar-refractivity contribution < 1.29 is 17.6 Å². The van der Waals surface area contributed by atoms with Gasteiger partial charge in [0.05, 0.1) is 5.52 Å². The van der Waals surface area contributed by atoms with Crippen molar-refractivity contribution in [2.45, 2.75) is 18.2 Å². The van der Waals surface area contributed by atoms with Crippen LogP contribution in [0.3, 0.4) is 0 Å².